The fourth-order valence-corrected chi connectivity index (χ4v) is 4.52. The van der Waals surface area contributed by atoms with Crippen molar-refractivity contribution in [1.82, 2.24) is 24.4 Å². The first-order valence-corrected chi connectivity index (χ1v) is 10.9. The molecule has 2 aromatic heterocycles. The number of aromatic nitrogens is 4. The maximum Gasteiger partial charge on any atom is 0.296 e. The summed E-state index contributed by atoms with van der Waals surface area (Å²) in [6.45, 7) is 7.41. The van der Waals surface area contributed by atoms with E-state index < -0.39 is 6.43 Å². The third kappa shape index (κ3) is 3.72. The molecule has 8 nitrogen and oxygen atoms in total. The van der Waals surface area contributed by atoms with E-state index in [1.165, 1.54) is 4.57 Å². The lowest BCUT2D eigenvalue weighted by Crippen LogP contribution is -2.62. The quantitative estimate of drug-likeness (QED) is 0.613. The third-order valence-electron chi connectivity index (χ3n) is 6.32. The van der Waals surface area contributed by atoms with Gasteiger partial charge in [0.2, 0.25) is 5.95 Å². The van der Waals surface area contributed by atoms with Crippen molar-refractivity contribution in [2.24, 2.45) is 0 Å². The molecule has 0 spiro atoms. The first-order valence-electron chi connectivity index (χ1n) is 10.9. The molecule has 0 N–H and O–H groups in total. The van der Waals surface area contributed by atoms with Crippen molar-refractivity contribution in [3.8, 4) is 5.95 Å². The van der Waals surface area contributed by atoms with Crippen LogP contribution in [0.3, 0.4) is 0 Å². The van der Waals surface area contributed by atoms with Crippen molar-refractivity contribution in [2.75, 3.05) is 37.8 Å². The maximum absolute atomic E-state index is 13.8. The van der Waals surface area contributed by atoms with E-state index in [4.69, 9.17) is 14.5 Å². The zero-order chi connectivity index (χ0) is 22.2. The largest absolute Gasteiger partial charge is 0.376 e. The molecule has 10 heteroatoms. The highest BCUT2D eigenvalue weighted by Crippen LogP contribution is 2.29. The van der Waals surface area contributed by atoms with Crippen LogP contribution in [0.2, 0.25) is 0 Å². The summed E-state index contributed by atoms with van der Waals surface area (Å²) in [5.74, 6) is 0.491. The minimum Gasteiger partial charge on any atom is -0.376 e. The number of para-hydroxylation sites is 2. The number of hydrogen-bond donors (Lipinski definition) is 0. The Hall–Kier alpha value is -2.69. The molecule has 2 saturated heterocycles. The van der Waals surface area contributed by atoms with Gasteiger partial charge >= 0.3 is 0 Å². The zero-order valence-electron chi connectivity index (χ0n) is 18.1. The molecular formula is C22H26F2N6O2. The number of imidazole rings is 1. The highest BCUT2D eigenvalue weighted by atomic mass is 19.3. The predicted molar refractivity (Wildman–Crippen MR) is 115 cm³/mol. The summed E-state index contributed by atoms with van der Waals surface area (Å²) >= 11 is 0. The summed E-state index contributed by atoms with van der Waals surface area (Å²) in [6, 6.07) is 9.05. The first kappa shape index (κ1) is 21.2. The van der Waals surface area contributed by atoms with Crippen LogP contribution in [-0.2, 0) is 9.47 Å². The van der Waals surface area contributed by atoms with E-state index in [1.54, 1.807) is 30.5 Å². The van der Waals surface area contributed by atoms with Gasteiger partial charge in [-0.2, -0.15) is 4.98 Å². The standard InChI is InChI=1S/C22H26F2N6O2/c1-14-15(2)32-12-10-28(14)19-13-31-11-9-29(19)18-7-8-25-22(27-18)30-17-6-4-3-5-16(17)26-21(30)20(23)24/h3-8,14-15,19-20H,9-13H2,1-2H3. The van der Waals surface area contributed by atoms with Gasteiger partial charge in [0, 0.05) is 25.3 Å². The van der Waals surface area contributed by atoms with E-state index in [9.17, 15) is 8.78 Å². The van der Waals surface area contributed by atoms with Gasteiger partial charge in [-0.05, 0) is 32.0 Å². The molecule has 0 aliphatic carbocycles. The lowest BCUT2D eigenvalue weighted by molar-refractivity contribution is -0.0910. The molecule has 0 bridgehead atoms. The van der Waals surface area contributed by atoms with Gasteiger partial charge < -0.3 is 14.4 Å². The van der Waals surface area contributed by atoms with Crippen LogP contribution in [0.25, 0.3) is 17.0 Å². The summed E-state index contributed by atoms with van der Waals surface area (Å²) < 4.78 is 40.5. The van der Waals surface area contributed by atoms with Crippen LogP contribution in [0.5, 0.6) is 0 Å². The predicted octanol–water partition coefficient (Wildman–Crippen LogP) is 3.03. The second-order valence-electron chi connectivity index (χ2n) is 8.11. The average Bonchev–Trinajstić information content (AvgIpc) is 3.21. The molecule has 3 aromatic rings. The zero-order valence-corrected chi connectivity index (χ0v) is 18.1. The Morgan fingerprint density at radius 1 is 1.06 bits per heavy atom. The Morgan fingerprint density at radius 2 is 1.91 bits per heavy atom. The molecule has 0 radical (unpaired) electrons. The van der Waals surface area contributed by atoms with E-state index in [1.807, 2.05) is 6.07 Å². The number of anilines is 1. The molecule has 0 amide bonds. The molecule has 4 heterocycles. The van der Waals surface area contributed by atoms with Crippen LogP contribution in [-0.4, -0.2) is 75.6 Å². The number of fused-ring (bicyclic) bond motifs is 1. The van der Waals surface area contributed by atoms with Crippen LogP contribution in [0.4, 0.5) is 14.6 Å². The number of benzene rings is 1. The molecule has 2 aliphatic heterocycles. The monoisotopic (exact) mass is 444 g/mol. The number of alkyl halides is 2. The third-order valence-corrected chi connectivity index (χ3v) is 6.32. The van der Waals surface area contributed by atoms with Gasteiger partial charge in [0.25, 0.3) is 6.43 Å². The van der Waals surface area contributed by atoms with Crippen molar-refractivity contribution in [3.63, 3.8) is 0 Å². The van der Waals surface area contributed by atoms with Crippen molar-refractivity contribution in [2.45, 2.75) is 38.6 Å². The Morgan fingerprint density at radius 3 is 2.75 bits per heavy atom. The van der Waals surface area contributed by atoms with Gasteiger partial charge in [0.1, 0.15) is 12.0 Å². The van der Waals surface area contributed by atoms with Crippen LogP contribution < -0.4 is 4.90 Å². The summed E-state index contributed by atoms with van der Waals surface area (Å²) in [5.41, 5.74) is 1.03. The molecule has 170 valence electrons. The van der Waals surface area contributed by atoms with Crippen LogP contribution in [0.15, 0.2) is 36.5 Å². The Labute approximate surface area is 184 Å². The van der Waals surface area contributed by atoms with Gasteiger partial charge in [-0.25, -0.2) is 18.7 Å². The van der Waals surface area contributed by atoms with Crippen LogP contribution >= 0.6 is 0 Å². The van der Waals surface area contributed by atoms with E-state index in [0.717, 1.165) is 6.54 Å². The number of hydrogen-bond acceptors (Lipinski definition) is 7. The fraction of sp³-hybridized carbons (Fsp3) is 0.500. The smallest absolute Gasteiger partial charge is 0.296 e. The highest BCUT2D eigenvalue weighted by Gasteiger charge is 2.36. The fourth-order valence-electron chi connectivity index (χ4n) is 4.52. The molecule has 2 fully saturated rings. The second kappa shape index (κ2) is 8.68. The topological polar surface area (TPSA) is 68.5 Å². The maximum atomic E-state index is 13.8. The van der Waals surface area contributed by atoms with E-state index in [2.05, 4.69) is 33.6 Å². The molecule has 2 aliphatic rings. The second-order valence-corrected chi connectivity index (χ2v) is 8.11. The first-order chi connectivity index (χ1) is 15.5. The van der Waals surface area contributed by atoms with Crippen molar-refractivity contribution < 1.29 is 18.3 Å². The summed E-state index contributed by atoms with van der Waals surface area (Å²) in [7, 11) is 0. The summed E-state index contributed by atoms with van der Waals surface area (Å²) in [5, 5.41) is 0. The molecule has 3 atom stereocenters. The van der Waals surface area contributed by atoms with Gasteiger partial charge in [0.05, 0.1) is 37.0 Å². The lowest BCUT2D eigenvalue weighted by Gasteiger charge is -2.48. The minimum atomic E-state index is -2.75. The van der Waals surface area contributed by atoms with Crippen molar-refractivity contribution in [1.29, 1.82) is 0 Å². The molecule has 5 rings (SSSR count). The number of halogens is 2. The normalized spacial score (nSPS) is 25.0. The molecule has 3 unspecified atom stereocenters. The average molecular weight is 444 g/mol. The van der Waals surface area contributed by atoms with Gasteiger partial charge in [-0.3, -0.25) is 9.47 Å². The van der Waals surface area contributed by atoms with Gasteiger partial charge in [-0.15, -0.1) is 0 Å². The number of morpholine rings is 2. The lowest BCUT2D eigenvalue weighted by atomic mass is 10.1. The SMILES string of the molecule is CC1OCCN(C2COCCN2c2ccnc(-n3c(C(F)F)nc4ccccc43)n2)C1C. The molecular weight excluding hydrogens is 418 g/mol. The van der Waals surface area contributed by atoms with E-state index >= 15 is 0 Å². The number of rotatable bonds is 4. The Balaban J connectivity index is 1.54. The Kier molecular flexibility index (Phi) is 5.75. The van der Waals surface area contributed by atoms with Crippen molar-refractivity contribution in [3.05, 3.63) is 42.4 Å². The highest BCUT2D eigenvalue weighted by molar-refractivity contribution is 5.77. The van der Waals surface area contributed by atoms with Crippen LogP contribution in [0, 0.1) is 0 Å². The molecule has 0 saturated carbocycles. The molecule has 32 heavy (non-hydrogen) atoms. The molecule has 1 aromatic carbocycles. The van der Waals surface area contributed by atoms with E-state index in [-0.39, 0.29) is 30.1 Å². The summed E-state index contributed by atoms with van der Waals surface area (Å²) in [6.07, 6.45) is -1.05. The van der Waals surface area contributed by atoms with Crippen LogP contribution in [0.1, 0.15) is 26.1 Å². The van der Waals surface area contributed by atoms with Gasteiger partial charge in [-0.1, -0.05) is 12.1 Å². The number of ether oxygens (including phenoxy) is 2. The minimum absolute atomic E-state index is 0.0260. The summed E-state index contributed by atoms with van der Waals surface area (Å²) in [4.78, 5) is 17.7. The van der Waals surface area contributed by atoms with E-state index in [0.29, 0.717) is 43.2 Å². The Bertz CT molecular complexity index is 1090. The van der Waals surface area contributed by atoms with Crippen molar-refractivity contribution >= 4 is 16.9 Å². The number of nitrogens with zero attached hydrogens (tertiary/aromatic N) is 6. The van der Waals surface area contributed by atoms with Gasteiger partial charge in [0.15, 0.2) is 5.82 Å².